The predicted molar refractivity (Wildman–Crippen MR) is 82.3 cm³/mol. The third-order valence-electron chi connectivity index (χ3n) is 4.10. The molecule has 1 atom stereocenters. The number of nitriles is 1. The molecule has 1 aliphatic heterocycles. The van der Waals surface area contributed by atoms with Gasteiger partial charge in [0.25, 0.3) is 0 Å². The zero-order chi connectivity index (χ0) is 14.9. The van der Waals surface area contributed by atoms with Crippen molar-refractivity contribution in [2.24, 2.45) is 7.05 Å². The van der Waals surface area contributed by atoms with Crippen LogP contribution in [0.25, 0.3) is 0 Å². The van der Waals surface area contributed by atoms with Crippen LogP contribution in [-0.4, -0.2) is 51.6 Å². The first-order chi connectivity index (χ1) is 9.45. The summed E-state index contributed by atoms with van der Waals surface area (Å²) in [7, 11) is 1.96. The standard InChI is InChI=1S/C14H22BrN5/c1-10(2)19-5-7-20(8-6-19)12(9-16)13-14(15)18(4)11(3)17-13/h10,12H,5-8H2,1-4H3. The maximum Gasteiger partial charge on any atom is 0.143 e. The van der Waals surface area contributed by atoms with E-state index in [2.05, 4.69) is 50.6 Å². The molecule has 0 saturated carbocycles. The van der Waals surface area contributed by atoms with Crippen molar-refractivity contribution in [3.8, 4) is 6.07 Å². The minimum Gasteiger partial charge on any atom is -0.326 e. The first-order valence-electron chi connectivity index (χ1n) is 7.02. The molecule has 1 fully saturated rings. The quantitative estimate of drug-likeness (QED) is 0.845. The van der Waals surface area contributed by atoms with Crippen molar-refractivity contribution in [3.63, 3.8) is 0 Å². The van der Waals surface area contributed by atoms with Gasteiger partial charge in [-0.1, -0.05) is 0 Å². The Kier molecular flexibility index (Phi) is 4.84. The highest BCUT2D eigenvalue weighted by Crippen LogP contribution is 2.28. The molecular formula is C14H22BrN5. The summed E-state index contributed by atoms with van der Waals surface area (Å²) in [4.78, 5) is 9.22. The molecule has 5 nitrogen and oxygen atoms in total. The maximum atomic E-state index is 9.56. The molecule has 1 aliphatic rings. The Balaban J connectivity index is 2.14. The Bertz CT molecular complexity index is 508. The summed E-state index contributed by atoms with van der Waals surface area (Å²) in [6.45, 7) is 10.3. The minimum atomic E-state index is -0.265. The van der Waals surface area contributed by atoms with Gasteiger partial charge in [-0.3, -0.25) is 9.80 Å². The Morgan fingerprint density at radius 1 is 1.20 bits per heavy atom. The normalized spacial score (nSPS) is 19.2. The van der Waals surface area contributed by atoms with E-state index in [1.807, 2.05) is 18.5 Å². The first-order valence-corrected chi connectivity index (χ1v) is 7.81. The SMILES string of the molecule is Cc1nc(C(C#N)N2CCN(C(C)C)CC2)c(Br)n1C. The number of hydrogen-bond acceptors (Lipinski definition) is 4. The molecule has 0 aliphatic carbocycles. The average Bonchev–Trinajstić information content (AvgIpc) is 2.68. The maximum absolute atomic E-state index is 9.56. The minimum absolute atomic E-state index is 0.265. The van der Waals surface area contributed by atoms with Crippen LogP contribution >= 0.6 is 15.9 Å². The lowest BCUT2D eigenvalue weighted by molar-refractivity contribution is 0.0920. The summed E-state index contributed by atoms with van der Waals surface area (Å²) in [5.74, 6) is 0.924. The van der Waals surface area contributed by atoms with Crippen LogP contribution in [0.5, 0.6) is 0 Å². The first kappa shape index (κ1) is 15.5. The van der Waals surface area contributed by atoms with Crippen LogP contribution in [0.3, 0.4) is 0 Å². The van der Waals surface area contributed by atoms with Gasteiger partial charge in [0.2, 0.25) is 0 Å². The average molecular weight is 340 g/mol. The van der Waals surface area contributed by atoms with E-state index in [9.17, 15) is 5.26 Å². The van der Waals surface area contributed by atoms with E-state index in [0.717, 1.165) is 42.3 Å². The van der Waals surface area contributed by atoms with Crippen molar-refractivity contribution in [3.05, 3.63) is 16.1 Å². The van der Waals surface area contributed by atoms with Crippen molar-refractivity contribution in [2.75, 3.05) is 26.2 Å². The topological polar surface area (TPSA) is 48.1 Å². The molecule has 0 amide bonds. The van der Waals surface area contributed by atoms with Crippen LogP contribution in [0.2, 0.25) is 0 Å². The Morgan fingerprint density at radius 3 is 2.15 bits per heavy atom. The molecule has 1 aromatic heterocycles. The molecule has 6 heteroatoms. The highest BCUT2D eigenvalue weighted by Gasteiger charge is 2.29. The number of nitrogens with zero attached hydrogens (tertiary/aromatic N) is 5. The molecule has 1 aromatic rings. The second kappa shape index (κ2) is 6.25. The highest BCUT2D eigenvalue weighted by atomic mass is 79.9. The fraction of sp³-hybridized carbons (Fsp3) is 0.714. The summed E-state index contributed by atoms with van der Waals surface area (Å²) in [6.07, 6.45) is 0. The molecule has 0 aromatic carbocycles. The van der Waals surface area contributed by atoms with Gasteiger partial charge < -0.3 is 4.57 Å². The molecule has 0 spiro atoms. The van der Waals surface area contributed by atoms with Gasteiger partial charge >= 0.3 is 0 Å². The zero-order valence-electron chi connectivity index (χ0n) is 12.6. The summed E-state index contributed by atoms with van der Waals surface area (Å²) >= 11 is 3.56. The van der Waals surface area contributed by atoms with Crippen LogP contribution in [0.4, 0.5) is 0 Å². The number of aromatic nitrogens is 2. The van der Waals surface area contributed by atoms with Gasteiger partial charge in [0.05, 0.1) is 6.07 Å². The lowest BCUT2D eigenvalue weighted by Gasteiger charge is -2.38. The van der Waals surface area contributed by atoms with Crippen LogP contribution < -0.4 is 0 Å². The van der Waals surface area contributed by atoms with E-state index in [1.165, 1.54) is 0 Å². The fourth-order valence-corrected chi connectivity index (χ4v) is 3.17. The molecular weight excluding hydrogens is 318 g/mol. The van der Waals surface area contributed by atoms with E-state index in [0.29, 0.717) is 6.04 Å². The smallest absolute Gasteiger partial charge is 0.143 e. The fourth-order valence-electron chi connectivity index (χ4n) is 2.61. The third-order valence-corrected chi connectivity index (χ3v) is 5.04. The van der Waals surface area contributed by atoms with Crippen LogP contribution in [-0.2, 0) is 7.05 Å². The molecule has 2 rings (SSSR count). The zero-order valence-corrected chi connectivity index (χ0v) is 14.2. The van der Waals surface area contributed by atoms with Crippen LogP contribution in [0.1, 0.15) is 31.4 Å². The summed E-state index contributed by atoms with van der Waals surface area (Å²) in [5, 5.41) is 9.56. The monoisotopic (exact) mass is 339 g/mol. The highest BCUT2D eigenvalue weighted by molar-refractivity contribution is 9.10. The van der Waals surface area contributed by atoms with Crippen molar-refractivity contribution in [1.82, 2.24) is 19.4 Å². The lowest BCUT2D eigenvalue weighted by atomic mass is 10.1. The van der Waals surface area contributed by atoms with E-state index in [1.54, 1.807) is 0 Å². The summed E-state index contributed by atoms with van der Waals surface area (Å²) in [5.41, 5.74) is 0.838. The number of hydrogen-bond donors (Lipinski definition) is 0. The van der Waals surface area contributed by atoms with Gasteiger partial charge in [-0.05, 0) is 36.7 Å². The number of piperazine rings is 1. The van der Waals surface area contributed by atoms with Gasteiger partial charge in [0.15, 0.2) is 0 Å². The Labute approximate surface area is 129 Å². The molecule has 1 unspecified atom stereocenters. The summed E-state index contributed by atoms with van der Waals surface area (Å²) in [6, 6.07) is 2.72. The molecule has 0 radical (unpaired) electrons. The van der Waals surface area contributed by atoms with Crippen molar-refractivity contribution in [1.29, 1.82) is 5.26 Å². The predicted octanol–water partition coefficient (Wildman–Crippen LogP) is 2.08. The largest absolute Gasteiger partial charge is 0.326 e. The van der Waals surface area contributed by atoms with Gasteiger partial charge in [0.1, 0.15) is 22.2 Å². The molecule has 2 heterocycles. The molecule has 0 N–H and O–H groups in total. The Morgan fingerprint density at radius 2 is 1.75 bits per heavy atom. The van der Waals surface area contributed by atoms with Crippen LogP contribution in [0.15, 0.2) is 4.60 Å². The second-order valence-electron chi connectivity index (χ2n) is 5.59. The lowest BCUT2D eigenvalue weighted by Crippen LogP contribution is -2.49. The van der Waals surface area contributed by atoms with Gasteiger partial charge in [-0.25, -0.2) is 4.98 Å². The second-order valence-corrected chi connectivity index (χ2v) is 6.34. The molecule has 20 heavy (non-hydrogen) atoms. The van der Waals surface area contributed by atoms with E-state index in [4.69, 9.17) is 0 Å². The van der Waals surface area contributed by atoms with Crippen LogP contribution in [0, 0.1) is 18.3 Å². The van der Waals surface area contributed by atoms with E-state index >= 15 is 0 Å². The number of aryl methyl sites for hydroxylation is 1. The number of rotatable bonds is 3. The van der Waals surface area contributed by atoms with Crippen molar-refractivity contribution < 1.29 is 0 Å². The molecule has 1 saturated heterocycles. The molecule has 110 valence electrons. The summed E-state index contributed by atoms with van der Waals surface area (Å²) < 4.78 is 2.89. The Hall–Kier alpha value is -0.900. The van der Waals surface area contributed by atoms with Crippen molar-refractivity contribution >= 4 is 15.9 Å². The van der Waals surface area contributed by atoms with E-state index in [-0.39, 0.29) is 6.04 Å². The van der Waals surface area contributed by atoms with Gasteiger partial charge in [0, 0.05) is 39.3 Å². The third kappa shape index (κ3) is 2.90. The molecule has 0 bridgehead atoms. The number of imidazole rings is 1. The van der Waals surface area contributed by atoms with E-state index < -0.39 is 0 Å². The van der Waals surface area contributed by atoms with Crippen molar-refractivity contribution in [2.45, 2.75) is 32.9 Å². The van der Waals surface area contributed by atoms with Gasteiger partial charge in [-0.2, -0.15) is 5.26 Å². The number of halogens is 1. The van der Waals surface area contributed by atoms with Gasteiger partial charge in [-0.15, -0.1) is 0 Å².